The average Bonchev–Trinajstić information content (AvgIpc) is 2.30. The van der Waals surface area contributed by atoms with E-state index < -0.39 is 10.0 Å². The third-order valence-electron chi connectivity index (χ3n) is 2.70. The van der Waals surface area contributed by atoms with Crippen LogP contribution >= 0.6 is 11.6 Å². The van der Waals surface area contributed by atoms with E-state index in [1.807, 2.05) is 13.8 Å². The summed E-state index contributed by atoms with van der Waals surface area (Å²) in [6, 6.07) is 4.64. The molecule has 0 spiro atoms. The Hall–Kier alpha value is -0.620. The molecule has 0 aliphatic rings. The maximum atomic E-state index is 12.0. The van der Waals surface area contributed by atoms with Crippen LogP contribution in [0.4, 0.5) is 0 Å². The molecular weight excluding hydrogens is 274 g/mol. The van der Waals surface area contributed by atoms with Crippen LogP contribution in [0.1, 0.15) is 18.9 Å². The molecule has 0 radical (unpaired) electrons. The lowest BCUT2D eigenvalue weighted by Crippen LogP contribution is -2.28. The lowest BCUT2D eigenvalue weighted by Gasteiger charge is -2.12. The molecule has 102 valence electrons. The lowest BCUT2D eigenvalue weighted by atomic mass is 10.1. The van der Waals surface area contributed by atoms with Crippen LogP contribution in [-0.2, 0) is 10.0 Å². The fourth-order valence-electron chi connectivity index (χ4n) is 1.40. The first-order valence-electron chi connectivity index (χ1n) is 5.73. The van der Waals surface area contributed by atoms with E-state index in [-0.39, 0.29) is 17.4 Å². The van der Waals surface area contributed by atoms with Gasteiger partial charge in [0.2, 0.25) is 10.0 Å². The molecule has 2 N–H and O–H groups in total. The molecule has 6 heteroatoms. The maximum absolute atomic E-state index is 12.0. The number of benzene rings is 1. The minimum atomic E-state index is -3.53. The van der Waals surface area contributed by atoms with Gasteiger partial charge < -0.3 is 5.11 Å². The van der Waals surface area contributed by atoms with Crippen LogP contribution in [0.15, 0.2) is 23.1 Å². The number of aryl methyl sites for hydroxylation is 1. The number of sulfonamides is 1. The predicted octanol–water partition coefficient (Wildman–Crippen LogP) is 1.95. The second-order valence-electron chi connectivity index (χ2n) is 4.38. The number of rotatable bonds is 6. The fourth-order valence-corrected chi connectivity index (χ4v) is 2.83. The van der Waals surface area contributed by atoms with Gasteiger partial charge in [0.1, 0.15) is 0 Å². The molecule has 0 aromatic heterocycles. The van der Waals surface area contributed by atoms with Crippen LogP contribution in [0.2, 0.25) is 5.02 Å². The molecule has 4 nitrogen and oxygen atoms in total. The molecule has 0 heterocycles. The molecule has 1 rings (SSSR count). The number of hydrogen-bond acceptors (Lipinski definition) is 3. The minimum absolute atomic E-state index is 0.0548. The van der Waals surface area contributed by atoms with Crippen molar-refractivity contribution in [2.24, 2.45) is 5.92 Å². The van der Waals surface area contributed by atoms with Gasteiger partial charge in [-0.25, -0.2) is 13.1 Å². The summed E-state index contributed by atoms with van der Waals surface area (Å²) in [6.45, 7) is 4.05. The van der Waals surface area contributed by atoms with E-state index in [1.165, 1.54) is 12.1 Å². The smallest absolute Gasteiger partial charge is 0.240 e. The Morgan fingerprint density at radius 3 is 2.67 bits per heavy atom. The monoisotopic (exact) mass is 291 g/mol. The summed E-state index contributed by atoms with van der Waals surface area (Å²) < 4.78 is 26.5. The van der Waals surface area contributed by atoms with Gasteiger partial charge in [-0.3, -0.25) is 0 Å². The molecule has 1 unspecified atom stereocenters. The summed E-state index contributed by atoms with van der Waals surface area (Å²) in [6.07, 6.45) is 0.567. The van der Waals surface area contributed by atoms with Gasteiger partial charge in [0.15, 0.2) is 0 Å². The second kappa shape index (κ2) is 6.52. The van der Waals surface area contributed by atoms with Crippen LogP contribution < -0.4 is 4.72 Å². The number of halogens is 1. The number of aliphatic hydroxyl groups excluding tert-OH is 1. The number of nitrogens with one attached hydrogen (secondary N) is 1. The standard InChI is InChI=1S/C12H18ClNO3S/c1-9(5-6-15)8-14-18(16,17)11-4-3-10(2)12(13)7-11/h3-4,7,9,14-15H,5-6,8H2,1-2H3. The fraction of sp³-hybridized carbons (Fsp3) is 0.500. The lowest BCUT2D eigenvalue weighted by molar-refractivity contribution is 0.263. The highest BCUT2D eigenvalue weighted by Gasteiger charge is 2.15. The first kappa shape index (κ1) is 15.4. The van der Waals surface area contributed by atoms with Gasteiger partial charge in [-0.2, -0.15) is 0 Å². The quantitative estimate of drug-likeness (QED) is 0.842. The van der Waals surface area contributed by atoms with Crippen molar-refractivity contribution < 1.29 is 13.5 Å². The van der Waals surface area contributed by atoms with Crippen molar-refractivity contribution in [3.05, 3.63) is 28.8 Å². The van der Waals surface area contributed by atoms with Crippen LogP contribution in [-0.4, -0.2) is 26.7 Å². The van der Waals surface area contributed by atoms with Crippen LogP contribution in [0.5, 0.6) is 0 Å². The Morgan fingerprint density at radius 1 is 1.44 bits per heavy atom. The predicted molar refractivity (Wildman–Crippen MR) is 72.2 cm³/mol. The van der Waals surface area contributed by atoms with Crippen molar-refractivity contribution in [1.29, 1.82) is 0 Å². The third kappa shape index (κ3) is 4.24. The van der Waals surface area contributed by atoms with Gasteiger partial charge >= 0.3 is 0 Å². The molecular formula is C12H18ClNO3S. The Morgan fingerprint density at radius 2 is 2.11 bits per heavy atom. The third-order valence-corrected chi connectivity index (χ3v) is 4.53. The number of aliphatic hydroxyl groups is 1. The van der Waals surface area contributed by atoms with E-state index in [2.05, 4.69) is 4.72 Å². The highest BCUT2D eigenvalue weighted by atomic mass is 35.5. The summed E-state index contributed by atoms with van der Waals surface area (Å²) >= 11 is 5.91. The Balaban J connectivity index is 2.77. The minimum Gasteiger partial charge on any atom is -0.396 e. The van der Waals surface area contributed by atoms with Gasteiger partial charge in [0.25, 0.3) is 0 Å². The molecule has 0 saturated carbocycles. The van der Waals surface area contributed by atoms with Crippen molar-refractivity contribution >= 4 is 21.6 Å². The zero-order chi connectivity index (χ0) is 13.8. The average molecular weight is 292 g/mol. The summed E-state index contributed by atoms with van der Waals surface area (Å²) in [7, 11) is -3.53. The van der Waals surface area contributed by atoms with E-state index in [0.717, 1.165) is 5.56 Å². The Bertz CT molecular complexity index is 502. The Kier molecular flexibility index (Phi) is 5.59. The van der Waals surface area contributed by atoms with Crippen molar-refractivity contribution in [1.82, 2.24) is 4.72 Å². The molecule has 0 aliphatic carbocycles. The van der Waals surface area contributed by atoms with Crippen LogP contribution in [0, 0.1) is 12.8 Å². The summed E-state index contributed by atoms with van der Waals surface area (Å²) in [4.78, 5) is 0.161. The highest BCUT2D eigenvalue weighted by molar-refractivity contribution is 7.89. The zero-order valence-corrected chi connectivity index (χ0v) is 12.1. The van der Waals surface area contributed by atoms with Gasteiger partial charge in [-0.05, 0) is 37.0 Å². The molecule has 0 saturated heterocycles. The molecule has 1 aromatic carbocycles. The zero-order valence-electron chi connectivity index (χ0n) is 10.5. The van der Waals surface area contributed by atoms with Gasteiger partial charge in [-0.1, -0.05) is 24.6 Å². The van der Waals surface area contributed by atoms with Gasteiger partial charge in [0.05, 0.1) is 4.90 Å². The van der Waals surface area contributed by atoms with Crippen LogP contribution in [0.3, 0.4) is 0 Å². The first-order valence-corrected chi connectivity index (χ1v) is 7.59. The molecule has 1 aromatic rings. The van der Waals surface area contributed by atoms with Gasteiger partial charge in [-0.15, -0.1) is 0 Å². The highest BCUT2D eigenvalue weighted by Crippen LogP contribution is 2.19. The largest absolute Gasteiger partial charge is 0.396 e. The topological polar surface area (TPSA) is 66.4 Å². The Labute approximate surface area is 113 Å². The van der Waals surface area contributed by atoms with E-state index in [9.17, 15) is 8.42 Å². The molecule has 0 amide bonds. The molecule has 0 bridgehead atoms. The SMILES string of the molecule is Cc1ccc(S(=O)(=O)NCC(C)CCO)cc1Cl. The van der Waals surface area contributed by atoms with Gasteiger partial charge in [0, 0.05) is 18.2 Å². The van der Waals surface area contributed by atoms with Crippen molar-refractivity contribution in [3.8, 4) is 0 Å². The van der Waals surface area contributed by atoms with Crippen molar-refractivity contribution in [2.45, 2.75) is 25.2 Å². The molecule has 0 aliphatic heterocycles. The van der Waals surface area contributed by atoms with Crippen LogP contribution in [0.25, 0.3) is 0 Å². The molecule has 0 fully saturated rings. The molecule has 18 heavy (non-hydrogen) atoms. The van der Waals surface area contributed by atoms with Crippen molar-refractivity contribution in [2.75, 3.05) is 13.2 Å². The van der Waals surface area contributed by atoms with Crippen molar-refractivity contribution in [3.63, 3.8) is 0 Å². The summed E-state index contributed by atoms with van der Waals surface area (Å²) in [5, 5.41) is 9.19. The normalized spacial score (nSPS) is 13.6. The first-order chi connectivity index (χ1) is 8.36. The summed E-state index contributed by atoms with van der Waals surface area (Å²) in [5.41, 5.74) is 0.837. The van der Waals surface area contributed by atoms with E-state index in [0.29, 0.717) is 18.0 Å². The summed E-state index contributed by atoms with van der Waals surface area (Å²) in [5.74, 6) is 0.0886. The number of hydrogen-bond donors (Lipinski definition) is 2. The maximum Gasteiger partial charge on any atom is 0.240 e. The second-order valence-corrected chi connectivity index (χ2v) is 6.55. The van der Waals surface area contributed by atoms with E-state index in [1.54, 1.807) is 6.07 Å². The molecule has 1 atom stereocenters. The van der Waals surface area contributed by atoms with E-state index >= 15 is 0 Å². The van der Waals surface area contributed by atoms with E-state index in [4.69, 9.17) is 16.7 Å².